The van der Waals surface area contributed by atoms with Gasteiger partial charge in [-0.1, -0.05) is 13.8 Å². The lowest BCUT2D eigenvalue weighted by molar-refractivity contribution is -0.384. The summed E-state index contributed by atoms with van der Waals surface area (Å²) in [7, 11) is 1.90. The SMILES string of the molecule is CC(C)C(C)N(C)c1ccc([N+](=O)[O-])cc1C#N. The van der Waals surface area contributed by atoms with Crippen LogP contribution in [-0.4, -0.2) is 18.0 Å². The van der Waals surface area contributed by atoms with Gasteiger partial charge in [0.05, 0.1) is 16.2 Å². The fraction of sp³-hybridized carbons (Fsp3) is 0.462. The van der Waals surface area contributed by atoms with Crippen LogP contribution in [0.25, 0.3) is 0 Å². The van der Waals surface area contributed by atoms with Crippen LogP contribution in [0.3, 0.4) is 0 Å². The normalized spacial score (nSPS) is 12.0. The highest BCUT2D eigenvalue weighted by molar-refractivity contribution is 5.63. The molecule has 0 radical (unpaired) electrons. The van der Waals surface area contributed by atoms with E-state index in [0.29, 0.717) is 11.5 Å². The van der Waals surface area contributed by atoms with Gasteiger partial charge in [-0.15, -0.1) is 0 Å². The van der Waals surface area contributed by atoms with Crippen LogP contribution in [0.15, 0.2) is 18.2 Å². The molecule has 0 aliphatic carbocycles. The number of hydrogen-bond acceptors (Lipinski definition) is 4. The minimum atomic E-state index is -0.490. The van der Waals surface area contributed by atoms with E-state index in [1.165, 1.54) is 12.1 Å². The van der Waals surface area contributed by atoms with E-state index in [1.54, 1.807) is 6.07 Å². The quantitative estimate of drug-likeness (QED) is 0.605. The lowest BCUT2D eigenvalue weighted by Crippen LogP contribution is -2.33. The predicted molar refractivity (Wildman–Crippen MR) is 70.5 cm³/mol. The Labute approximate surface area is 107 Å². The van der Waals surface area contributed by atoms with Gasteiger partial charge >= 0.3 is 0 Å². The lowest BCUT2D eigenvalue weighted by atomic mass is 10.0. The number of benzene rings is 1. The molecule has 0 bridgehead atoms. The number of nitrogens with zero attached hydrogens (tertiary/aromatic N) is 3. The van der Waals surface area contributed by atoms with Gasteiger partial charge in [-0.3, -0.25) is 10.1 Å². The Morgan fingerprint density at radius 2 is 2.00 bits per heavy atom. The Balaban J connectivity index is 3.18. The summed E-state index contributed by atoms with van der Waals surface area (Å²) in [6.07, 6.45) is 0. The lowest BCUT2D eigenvalue weighted by Gasteiger charge is -2.30. The molecule has 0 fully saturated rings. The molecule has 0 heterocycles. The van der Waals surface area contributed by atoms with E-state index < -0.39 is 4.92 Å². The van der Waals surface area contributed by atoms with Crippen molar-refractivity contribution in [2.75, 3.05) is 11.9 Å². The Hall–Kier alpha value is -2.09. The minimum absolute atomic E-state index is 0.0547. The van der Waals surface area contributed by atoms with E-state index >= 15 is 0 Å². The first-order valence-electron chi connectivity index (χ1n) is 5.79. The molecule has 1 unspecified atom stereocenters. The molecule has 1 aromatic rings. The monoisotopic (exact) mass is 247 g/mol. The zero-order valence-corrected chi connectivity index (χ0v) is 11.0. The number of nitro groups is 1. The van der Waals surface area contributed by atoms with Gasteiger partial charge in [0.1, 0.15) is 6.07 Å². The molecule has 1 aromatic carbocycles. The van der Waals surface area contributed by atoms with Crippen LogP contribution in [0.2, 0.25) is 0 Å². The van der Waals surface area contributed by atoms with E-state index in [0.717, 1.165) is 5.69 Å². The van der Waals surface area contributed by atoms with Crippen LogP contribution in [0.5, 0.6) is 0 Å². The minimum Gasteiger partial charge on any atom is -0.371 e. The van der Waals surface area contributed by atoms with Crippen molar-refractivity contribution in [1.29, 1.82) is 5.26 Å². The smallest absolute Gasteiger partial charge is 0.270 e. The molecule has 0 aromatic heterocycles. The number of hydrogen-bond donors (Lipinski definition) is 0. The molecule has 0 amide bonds. The summed E-state index contributed by atoms with van der Waals surface area (Å²) in [5.41, 5.74) is 1.00. The second-order valence-electron chi connectivity index (χ2n) is 4.67. The van der Waals surface area contributed by atoms with Gasteiger partial charge in [-0.05, 0) is 18.9 Å². The fourth-order valence-electron chi connectivity index (χ4n) is 1.70. The van der Waals surface area contributed by atoms with Crippen molar-refractivity contribution in [1.82, 2.24) is 0 Å². The Bertz CT molecular complexity index is 491. The van der Waals surface area contributed by atoms with E-state index in [1.807, 2.05) is 18.0 Å². The van der Waals surface area contributed by atoms with Gasteiger partial charge in [0.2, 0.25) is 0 Å². The van der Waals surface area contributed by atoms with Crippen molar-refractivity contribution >= 4 is 11.4 Å². The molecular weight excluding hydrogens is 230 g/mol. The van der Waals surface area contributed by atoms with Crippen LogP contribution < -0.4 is 4.90 Å². The van der Waals surface area contributed by atoms with Gasteiger partial charge in [0, 0.05) is 25.2 Å². The highest BCUT2D eigenvalue weighted by Crippen LogP contribution is 2.26. The van der Waals surface area contributed by atoms with Crippen LogP contribution in [-0.2, 0) is 0 Å². The van der Waals surface area contributed by atoms with Gasteiger partial charge < -0.3 is 4.90 Å². The van der Waals surface area contributed by atoms with E-state index in [2.05, 4.69) is 20.8 Å². The zero-order valence-electron chi connectivity index (χ0n) is 11.0. The molecule has 1 atom stereocenters. The summed E-state index contributed by atoms with van der Waals surface area (Å²) in [6, 6.07) is 6.65. The van der Waals surface area contributed by atoms with E-state index in [-0.39, 0.29) is 11.7 Å². The average molecular weight is 247 g/mol. The summed E-state index contributed by atoms with van der Waals surface area (Å²) >= 11 is 0. The maximum atomic E-state index is 10.7. The first-order valence-corrected chi connectivity index (χ1v) is 5.79. The summed E-state index contributed by atoms with van der Waals surface area (Å²) in [5, 5.41) is 19.8. The van der Waals surface area contributed by atoms with Gasteiger partial charge in [0.25, 0.3) is 5.69 Å². The molecule has 0 N–H and O–H groups in total. The second-order valence-corrected chi connectivity index (χ2v) is 4.67. The Kier molecular flexibility index (Phi) is 4.27. The summed E-state index contributed by atoms with van der Waals surface area (Å²) in [4.78, 5) is 12.2. The van der Waals surface area contributed by atoms with Crippen molar-refractivity contribution < 1.29 is 4.92 Å². The highest BCUT2D eigenvalue weighted by Gasteiger charge is 2.18. The molecule has 96 valence electrons. The van der Waals surface area contributed by atoms with Crippen molar-refractivity contribution in [3.05, 3.63) is 33.9 Å². The van der Waals surface area contributed by atoms with Gasteiger partial charge in [0.15, 0.2) is 0 Å². The number of anilines is 1. The largest absolute Gasteiger partial charge is 0.371 e. The molecule has 0 aliphatic heterocycles. The number of non-ortho nitro benzene ring substituents is 1. The van der Waals surface area contributed by atoms with Gasteiger partial charge in [-0.25, -0.2) is 0 Å². The Morgan fingerprint density at radius 3 is 2.44 bits per heavy atom. The first kappa shape index (κ1) is 14.0. The maximum absolute atomic E-state index is 10.7. The van der Waals surface area contributed by atoms with Crippen LogP contribution in [0.1, 0.15) is 26.3 Å². The molecule has 0 saturated carbocycles. The first-order chi connectivity index (χ1) is 8.38. The third-order valence-corrected chi connectivity index (χ3v) is 3.27. The Morgan fingerprint density at radius 1 is 1.39 bits per heavy atom. The zero-order chi connectivity index (χ0) is 13.9. The van der Waals surface area contributed by atoms with Crippen molar-refractivity contribution in [2.45, 2.75) is 26.8 Å². The summed E-state index contributed by atoms with van der Waals surface area (Å²) in [6.45, 7) is 6.25. The molecule has 0 aliphatic rings. The number of rotatable bonds is 4. The van der Waals surface area contributed by atoms with Crippen molar-refractivity contribution in [3.63, 3.8) is 0 Å². The number of nitro benzene ring substituents is 1. The highest BCUT2D eigenvalue weighted by atomic mass is 16.6. The van der Waals surface area contributed by atoms with Crippen LogP contribution >= 0.6 is 0 Å². The third-order valence-electron chi connectivity index (χ3n) is 3.27. The van der Waals surface area contributed by atoms with Crippen molar-refractivity contribution in [2.24, 2.45) is 5.92 Å². The molecule has 0 spiro atoms. The van der Waals surface area contributed by atoms with Crippen molar-refractivity contribution in [3.8, 4) is 6.07 Å². The van der Waals surface area contributed by atoms with Crippen LogP contribution in [0, 0.1) is 27.4 Å². The molecular formula is C13H17N3O2. The average Bonchev–Trinajstić information content (AvgIpc) is 2.35. The van der Waals surface area contributed by atoms with E-state index in [4.69, 9.17) is 5.26 Å². The number of nitriles is 1. The molecule has 1 rings (SSSR count). The predicted octanol–water partition coefficient (Wildman–Crippen LogP) is 2.95. The standard InChI is InChI=1S/C13H17N3O2/c1-9(2)10(3)15(4)13-6-5-12(16(17)18)7-11(13)8-14/h5-7,9-10H,1-4H3. The van der Waals surface area contributed by atoms with Crippen LogP contribution in [0.4, 0.5) is 11.4 Å². The second kappa shape index (κ2) is 5.50. The topological polar surface area (TPSA) is 70.2 Å². The molecule has 18 heavy (non-hydrogen) atoms. The summed E-state index contributed by atoms with van der Waals surface area (Å²) < 4.78 is 0. The molecule has 5 heteroatoms. The fourth-order valence-corrected chi connectivity index (χ4v) is 1.70. The maximum Gasteiger partial charge on any atom is 0.270 e. The molecule has 0 saturated heterocycles. The molecule has 5 nitrogen and oxygen atoms in total. The van der Waals surface area contributed by atoms with E-state index in [9.17, 15) is 10.1 Å². The summed E-state index contributed by atoms with van der Waals surface area (Å²) in [5.74, 6) is 0.428. The third kappa shape index (κ3) is 2.77. The van der Waals surface area contributed by atoms with Gasteiger partial charge in [-0.2, -0.15) is 5.26 Å².